The van der Waals surface area contributed by atoms with Gasteiger partial charge in [0.05, 0.1) is 5.69 Å². The van der Waals surface area contributed by atoms with Crippen molar-refractivity contribution in [2.45, 2.75) is 84.7 Å². The summed E-state index contributed by atoms with van der Waals surface area (Å²) in [5.74, 6) is -2.11. The first kappa shape index (κ1) is 34.3. The number of likely N-dealkylation sites (N-methyl/N-ethyl adjacent to an activating group) is 1. The molecule has 1 saturated heterocycles. The normalized spacial score (nSPS) is 21.1. The monoisotopic (exact) mass is 624 g/mol. The first-order valence-electron chi connectivity index (χ1n) is 16.4. The SMILES string of the molecule is CCC(=O)N[C@H](C(=O)N1CCN(C)CC1)[C@@H](C)c1ccc(NC(=O)[C@@H](CC(=O)c2ccnn2CC)C2CCC(C)CC2)c(F)c1. The predicted octanol–water partition coefficient (Wildman–Crippen LogP) is 4.47. The second kappa shape index (κ2) is 15.6. The van der Waals surface area contributed by atoms with E-state index in [0.717, 1.165) is 38.8 Å². The number of halogens is 1. The smallest absolute Gasteiger partial charge is 0.245 e. The minimum atomic E-state index is -0.846. The van der Waals surface area contributed by atoms with Gasteiger partial charge in [-0.25, -0.2) is 4.39 Å². The van der Waals surface area contributed by atoms with Crippen LogP contribution in [0.1, 0.15) is 88.2 Å². The van der Waals surface area contributed by atoms with Gasteiger partial charge in [0.15, 0.2) is 5.78 Å². The van der Waals surface area contributed by atoms with Crippen molar-refractivity contribution in [2.75, 3.05) is 38.5 Å². The zero-order chi connectivity index (χ0) is 32.7. The van der Waals surface area contributed by atoms with E-state index in [1.54, 1.807) is 41.8 Å². The number of nitrogens with one attached hydrogen (secondary N) is 2. The van der Waals surface area contributed by atoms with Gasteiger partial charge in [-0.2, -0.15) is 5.10 Å². The molecule has 45 heavy (non-hydrogen) atoms. The zero-order valence-electron chi connectivity index (χ0n) is 27.4. The molecule has 0 radical (unpaired) electrons. The Balaban J connectivity index is 1.52. The number of piperazine rings is 1. The summed E-state index contributed by atoms with van der Waals surface area (Å²) in [6.07, 6.45) is 5.49. The van der Waals surface area contributed by atoms with Gasteiger partial charge >= 0.3 is 0 Å². The van der Waals surface area contributed by atoms with E-state index in [2.05, 4.69) is 27.6 Å². The molecule has 0 spiro atoms. The summed E-state index contributed by atoms with van der Waals surface area (Å²) >= 11 is 0. The molecule has 11 heteroatoms. The van der Waals surface area contributed by atoms with Crippen molar-refractivity contribution in [1.82, 2.24) is 24.9 Å². The van der Waals surface area contributed by atoms with Crippen molar-refractivity contribution in [2.24, 2.45) is 17.8 Å². The lowest BCUT2D eigenvalue weighted by atomic mass is 9.74. The van der Waals surface area contributed by atoms with Crippen LogP contribution in [0.25, 0.3) is 0 Å². The van der Waals surface area contributed by atoms with E-state index in [4.69, 9.17) is 0 Å². The van der Waals surface area contributed by atoms with Gasteiger partial charge in [0.1, 0.15) is 17.6 Å². The van der Waals surface area contributed by atoms with Crippen LogP contribution in [0.2, 0.25) is 0 Å². The topological polar surface area (TPSA) is 117 Å². The summed E-state index contributed by atoms with van der Waals surface area (Å²) in [6.45, 7) is 10.8. The zero-order valence-corrected chi connectivity index (χ0v) is 27.4. The van der Waals surface area contributed by atoms with Crippen molar-refractivity contribution in [3.8, 4) is 0 Å². The Bertz CT molecular complexity index is 1350. The third kappa shape index (κ3) is 8.56. The summed E-state index contributed by atoms with van der Waals surface area (Å²) in [5, 5.41) is 9.84. The molecule has 1 aromatic carbocycles. The maximum Gasteiger partial charge on any atom is 0.245 e. The lowest BCUT2D eigenvalue weighted by molar-refractivity contribution is -0.138. The summed E-state index contributed by atoms with van der Waals surface area (Å²) in [7, 11) is 2.00. The van der Waals surface area contributed by atoms with Crippen LogP contribution in [-0.2, 0) is 20.9 Å². The van der Waals surface area contributed by atoms with Gasteiger partial charge in [-0.05, 0) is 62.4 Å². The van der Waals surface area contributed by atoms with Crippen LogP contribution in [0.3, 0.4) is 0 Å². The van der Waals surface area contributed by atoms with Gasteiger partial charge in [0.25, 0.3) is 0 Å². The second-order valence-electron chi connectivity index (χ2n) is 12.8. The van der Waals surface area contributed by atoms with Crippen molar-refractivity contribution in [3.05, 3.63) is 47.5 Å². The Morgan fingerprint density at radius 2 is 1.71 bits per heavy atom. The van der Waals surface area contributed by atoms with Crippen LogP contribution in [0.4, 0.5) is 10.1 Å². The Hall–Kier alpha value is -3.60. The largest absolute Gasteiger partial charge is 0.344 e. The fourth-order valence-electron chi connectivity index (χ4n) is 6.52. The van der Waals surface area contributed by atoms with Crippen molar-refractivity contribution >= 4 is 29.2 Å². The fraction of sp³-hybridized carbons (Fsp3) is 0.618. The summed E-state index contributed by atoms with van der Waals surface area (Å²) in [4.78, 5) is 56.9. The Labute approximate surface area is 266 Å². The molecule has 1 saturated carbocycles. The minimum absolute atomic E-state index is 0.0222. The third-order valence-corrected chi connectivity index (χ3v) is 9.67. The van der Waals surface area contributed by atoms with E-state index in [1.165, 1.54) is 12.1 Å². The van der Waals surface area contributed by atoms with E-state index >= 15 is 4.39 Å². The van der Waals surface area contributed by atoms with Crippen LogP contribution in [-0.4, -0.2) is 82.4 Å². The number of carbonyl (C=O) groups excluding carboxylic acids is 4. The number of Topliss-reactive ketones (excluding diaryl/α,β-unsaturated/α-hetero) is 1. The molecule has 246 valence electrons. The fourth-order valence-corrected chi connectivity index (χ4v) is 6.52. The first-order valence-corrected chi connectivity index (χ1v) is 16.4. The standard InChI is InChI=1S/C34H49FN6O4/c1-6-31(43)38-32(34(45)40-18-16-39(5)17-19-40)23(4)25-12-13-28(27(35)20-25)37-33(44)26(24-10-8-22(3)9-11-24)21-30(42)29-14-15-36-41(29)7-2/h12-15,20,22-24,26,32H,6-11,16-19,21H2,1-5H3,(H,37,44)(H,38,43)/t22?,23-,24?,26-,32-/m0/s1. The van der Waals surface area contributed by atoms with E-state index < -0.39 is 23.7 Å². The Morgan fingerprint density at radius 3 is 2.33 bits per heavy atom. The maximum atomic E-state index is 15.6. The first-order chi connectivity index (χ1) is 21.5. The predicted molar refractivity (Wildman–Crippen MR) is 171 cm³/mol. The minimum Gasteiger partial charge on any atom is -0.344 e. The molecule has 10 nitrogen and oxygen atoms in total. The van der Waals surface area contributed by atoms with Crippen molar-refractivity contribution in [1.29, 1.82) is 0 Å². The average molecular weight is 625 g/mol. The molecule has 2 fully saturated rings. The van der Waals surface area contributed by atoms with Crippen molar-refractivity contribution < 1.29 is 23.6 Å². The molecule has 0 unspecified atom stereocenters. The average Bonchev–Trinajstić information content (AvgIpc) is 3.53. The molecule has 3 amide bonds. The number of carbonyl (C=O) groups is 4. The molecule has 3 atom stereocenters. The Kier molecular flexibility index (Phi) is 11.9. The van der Waals surface area contributed by atoms with E-state index in [9.17, 15) is 19.2 Å². The summed E-state index contributed by atoms with van der Waals surface area (Å²) in [5.41, 5.74) is 1.03. The van der Waals surface area contributed by atoms with Crippen LogP contribution >= 0.6 is 0 Å². The maximum absolute atomic E-state index is 15.6. The number of benzene rings is 1. The van der Waals surface area contributed by atoms with Gasteiger partial charge in [0, 0.05) is 63.6 Å². The lowest BCUT2D eigenvalue weighted by Crippen LogP contribution is -2.55. The van der Waals surface area contributed by atoms with Crippen LogP contribution < -0.4 is 10.6 Å². The number of amides is 3. The van der Waals surface area contributed by atoms with Crippen LogP contribution in [0, 0.1) is 23.6 Å². The highest BCUT2D eigenvalue weighted by Crippen LogP contribution is 2.36. The van der Waals surface area contributed by atoms with Crippen LogP contribution in [0.15, 0.2) is 30.5 Å². The molecule has 1 aromatic heterocycles. The molecular weight excluding hydrogens is 575 g/mol. The number of hydrogen-bond donors (Lipinski definition) is 2. The van der Waals surface area contributed by atoms with Gasteiger partial charge in [-0.3, -0.25) is 23.9 Å². The number of aromatic nitrogens is 2. The van der Waals surface area contributed by atoms with Gasteiger partial charge in [-0.1, -0.05) is 39.7 Å². The van der Waals surface area contributed by atoms with E-state index in [0.29, 0.717) is 36.8 Å². The molecular formula is C34H49FN6O4. The number of aryl methyl sites for hydroxylation is 1. The molecule has 2 aliphatic rings. The Morgan fingerprint density at radius 1 is 1.02 bits per heavy atom. The van der Waals surface area contributed by atoms with Gasteiger partial charge in [-0.15, -0.1) is 0 Å². The second-order valence-corrected chi connectivity index (χ2v) is 12.8. The third-order valence-electron chi connectivity index (χ3n) is 9.67. The van der Waals surface area contributed by atoms with Crippen molar-refractivity contribution in [3.63, 3.8) is 0 Å². The van der Waals surface area contributed by atoms with Gasteiger partial charge < -0.3 is 20.4 Å². The van der Waals surface area contributed by atoms with E-state index in [1.807, 2.05) is 14.0 Å². The lowest BCUT2D eigenvalue weighted by Gasteiger charge is -2.36. The van der Waals surface area contributed by atoms with Gasteiger partial charge in [0.2, 0.25) is 17.7 Å². The molecule has 1 aliphatic carbocycles. The number of nitrogens with zero attached hydrogens (tertiary/aromatic N) is 4. The summed E-state index contributed by atoms with van der Waals surface area (Å²) < 4.78 is 17.3. The highest BCUT2D eigenvalue weighted by atomic mass is 19.1. The highest BCUT2D eigenvalue weighted by molar-refractivity contribution is 6.00. The number of hydrogen-bond acceptors (Lipinski definition) is 6. The van der Waals surface area contributed by atoms with Crippen LogP contribution in [0.5, 0.6) is 0 Å². The van der Waals surface area contributed by atoms with E-state index in [-0.39, 0.29) is 48.0 Å². The molecule has 2 aromatic rings. The number of anilines is 1. The molecule has 4 rings (SSSR count). The molecule has 2 N–H and O–H groups in total. The number of ketones is 1. The highest BCUT2D eigenvalue weighted by Gasteiger charge is 2.35. The molecule has 2 heterocycles. The molecule has 1 aliphatic heterocycles. The quantitative estimate of drug-likeness (QED) is 0.337. The number of rotatable bonds is 12. The summed E-state index contributed by atoms with van der Waals surface area (Å²) in [6, 6.07) is 5.35. The molecule has 0 bridgehead atoms.